The van der Waals surface area contributed by atoms with Crippen molar-refractivity contribution in [2.45, 2.75) is 26.8 Å². The number of hydrogen-bond donors (Lipinski definition) is 2. The highest BCUT2D eigenvalue weighted by molar-refractivity contribution is 5.99. The highest BCUT2D eigenvalue weighted by Gasteiger charge is 2.11. The molecule has 0 saturated carbocycles. The summed E-state index contributed by atoms with van der Waals surface area (Å²) in [7, 11) is 0. The summed E-state index contributed by atoms with van der Waals surface area (Å²) in [6.45, 7) is 5.11. The normalized spacial score (nSPS) is 10.3. The molecule has 1 amide bonds. The lowest BCUT2D eigenvalue weighted by atomic mass is 10.1. The molecule has 1 aromatic heterocycles. The van der Waals surface area contributed by atoms with Gasteiger partial charge in [-0.05, 0) is 25.5 Å². The summed E-state index contributed by atoms with van der Waals surface area (Å²) in [5, 5.41) is 9.87. The Kier molecular flexibility index (Phi) is 4.76. The van der Waals surface area contributed by atoms with Crippen LogP contribution in [0.1, 0.15) is 35.2 Å². The van der Waals surface area contributed by atoms with Gasteiger partial charge in [0.15, 0.2) is 5.76 Å². The summed E-state index contributed by atoms with van der Waals surface area (Å²) in [5.41, 5.74) is 2.29. The standard InChI is InChI=1S/C15H19N3O2/c1-3-8-16-14-7-5-4-6-13(14)15(19)17-10-12-9-11(2)18-20-12/h4-7,9,16H,3,8,10H2,1-2H3,(H,17,19). The maximum Gasteiger partial charge on any atom is 0.253 e. The molecule has 2 rings (SSSR count). The zero-order valence-corrected chi connectivity index (χ0v) is 11.8. The van der Waals surface area contributed by atoms with Crippen LogP contribution in [0.15, 0.2) is 34.9 Å². The van der Waals surface area contributed by atoms with Gasteiger partial charge in [-0.2, -0.15) is 0 Å². The first-order valence-corrected chi connectivity index (χ1v) is 6.74. The minimum absolute atomic E-state index is 0.127. The van der Waals surface area contributed by atoms with Gasteiger partial charge < -0.3 is 15.2 Å². The van der Waals surface area contributed by atoms with Gasteiger partial charge in [0.25, 0.3) is 5.91 Å². The summed E-state index contributed by atoms with van der Waals surface area (Å²) in [4.78, 5) is 12.2. The van der Waals surface area contributed by atoms with Crippen molar-refractivity contribution >= 4 is 11.6 Å². The molecule has 0 unspecified atom stereocenters. The molecule has 5 heteroatoms. The van der Waals surface area contributed by atoms with Crippen molar-refractivity contribution in [1.29, 1.82) is 0 Å². The summed E-state index contributed by atoms with van der Waals surface area (Å²) in [6, 6.07) is 9.28. The molecule has 5 nitrogen and oxygen atoms in total. The average molecular weight is 273 g/mol. The van der Waals surface area contributed by atoms with Crippen LogP contribution in [0.25, 0.3) is 0 Å². The van der Waals surface area contributed by atoms with E-state index >= 15 is 0 Å². The van der Waals surface area contributed by atoms with Gasteiger partial charge in [-0.15, -0.1) is 0 Å². The van der Waals surface area contributed by atoms with Gasteiger partial charge in [0.2, 0.25) is 0 Å². The van der Waals surface area contributed by atoms with E-state index in [0.717, 1.165) is 24.3 Å². The largest absolute Gasteiger partial charge is 0.384 e. The zero-order valence-electron chi connectivity index (χ0n) is 11.8. The van der Waals surface area contributed by atoms with Crippen LogP contribution in [0, 0.1) is 6.92 Å². The van der Waals surface area contributed by atoms with E-state index in [0.29, 0.717) is 17.9 Å². The SMILES string of the molecule is CCCNc1ccccc1C(=O)NCc1cc(C)no1. The maximum atomic E-state index is 12.2. The number of benzene rings is 1. The highest BCUT2D eigenvalue weighted by atomic mass is 16.5. The number of anilines is 1. The Morgan fingerprint density at radius 1 is 1.35 bits per heavy atom. The summed E-state index contributed by atoms with van der Waals surface area (Å²) in [6.07, 6.45) is 1.01. The molecule has 106 valence electrons. The number of carbonyl (C=O) groups is 1. The molecule has 0 radical (unpaired) electrons. The minimum atomic E-state index is -0.127. The van der Waals surface area contributed by atoms with Crippen molar-refractivity contribution in [3.05, 3.63) is 47.3 Å². The molecule has 0 aliphatic carbocycles. The van der Waals surface area contributed by atoms with Gasteiger partial charge >= 0.3 is 0 Å². The third kappa shape index (κ3) is 3.60. The molecular formula is C15H19N3O2. The van der Waals surface area contributed by atoms with Crippen LogP contribution in [0.4, 0.5) is 5.69 Å². The van der Waals surface area contributed by atoms with Gasteiger partial charge in [0.05, 0.1) is 17.8 Å². The van der Waals surface area contributed by atoms with Crippen LogP contribution in [-0.4, -0.2) is 17.6 Å². The molecule has 2 N–H and O–H groups in total. The number of rotatable bonds is 6. The lowest BCUT2D eigenvalue weighted by Crippen LogP contribution is -2.23. The van der Waals surface area contributed by atoms with E-state index in [1.807, 2.05) is 31.2 Å². The van der Waals surface area contributed by atoms with Crippen LogP contribution in [0.3, 0.4) is 0 Å². The Morgan fingerprint density at radius 3 is 2.85 bits per heavy atom. The van der Waals surface area contributed by atoms with Crippen LogP contribution in [-0.2, 0) is 6.54 Å². The van der Waals surface area contributed by atoms with Crippen molar-refractivity contribution < 1.29 is 9.32 Å². The second kappa shape index (κ2) is 6.75. The first kappa shape index (κ1) is 14.1. The zero-order chi connectivity index (χ0) is 14.4. The van der Waals surface area contributed by atoms with E-state index in [1.54, 1.807) is 6.07 Å². The number of aromatic nitrogens is 1. The van der Waals surface area contributed by atoms with Gasteiger partial charge in [0, 0.05) is 18.3 Å². The fourth-order valence-corrected chi connectivity index (χ4v) is 1.86. The molecule has 1 heterocycles. The van der Waals surface area contributed by atoms with Crippen molar-refractivity contribution in [1.82, 2.24) is 10.5 Å². The quantitative estimate of drug-likeness (QED) is 0.849. The van der Waals surface area contributed by atoms with Crippen LogP contribution in [0.5, 0.6) is 0 Å². The number of nitrogens with one attached hydrogen (secondary N) is 2. The number of para-hydroxylation sites is 1. The van der Waals surface area contributed by atoms with Gasteiger partial charge in [-0.25, -0.2) is 0 Å². The second-order valence-electron chi connectivity index (χ2n) is 4.59. The van der Waals surface area contributed by atoms with E-state index in [4.69, 9.17) is 4.52 Å². The Morgan fingerprint density at radius 2 is 2.15 bits per heavy atom. The number of amides is 1. The molecular weight excluding hydrogens is 254 g/mol. The van der Waals surface area contributed by atoms with Gasteiger partial charge in [-0.1, -0.05) is 24.2 Å². The van der Waals surface area contributed by atoms with Crippen molar-refractivity contribution in [2.24, 2.45) is 0 Å². The van der Waals surface area contributed by atoms with Crippen molar-refractivity contribution in [3.8, 4) is 0 Å². The molecule has 0 aliphatic heterocycles. The predicted octanol–water partition coefficient (Wildman–Crippen LogP) is 2.73. The number of hydrogen-bond acceptors (Lipinski definition) is 4. The smallest absolute Gasteiger partial charge is 0.253 e. The molecule has 0 saturated heterocycles. The van der Waals surface area contributed by atoms with Gasteiger partial charge in [-0.3, -0.25) is 4.79 Å². The third-order valence-electron chi connectivity index (χ3n) is 2.84. The number of carbonyl (C=O) groups excluding carboxylic acids is 1. The fraction of sp³-hybridized carbons (Fsp3) is 0.333. The molecule has 1 aromatic carbocycles. The Labute approximate surface area is 118 Å². The van der Waals surface area contributed by atoms with Crippen LogP contribution >= 0.6 is 0 Å². The molecule has 0 aliphatic rings. The van der Waals surface area contributed by atoms with E-state index < -0.39 is 0 Å². The van der Waals surface area contributed by atoms with E-state index in [1.165, 1.54) is 0 Å². The molecule has 0 spiro atoms. The molecule has 0 fully saturated rings. The Balaban J connectivity index is 2.01. The van der Waals surface area contributed by atoms with Crippen molar-refractivity contribution in [3.63, 3.8) is 0 Å². The maximum absolute atomic E-state index is 12.2. The molecule has 0 bridgehead atoms. The topological polar surface area (TPSA) is 67.2 Å². The second-order valence-corrected chi connectivity index (χ2v) is 4.59. The highest BCUT2D eigenvalue weighted by Crippen LogP contribution is 2.15. The van der Waals surface area contributed by atoms with Crippen molar-refractivity contribution in [2.75, 3.05) is 11.9 Å². The van der Waals surface area contributed by atoms with Crippen LogP contribution in [0.2, 0.25) is 0 Å². The van der Waals surface area contributed by atoms with Crippen LogP contribution < -0.4 is 10.6 Å². The monoisotopic (exact) mass is 273 g/mol. The van der Waals surface area contributed by atoms with E-state index in [9.17, 15) is 4.79 Å². The summed E-state index contributed by atoms with van der Waals surface area (Å²) >= 11 is 0. The predicted molar refractivity (Wildman–Crippen MR) is 77.6 cm³/mol. The summed E-state index contributed by atoms with van der Waals surface area (Å²) in [5.74, 6) is 0.521. The lowest BCUT2D eigenvalue weighted by molar-refractivity contribution is 0.0948. The lowest BCUT2D eigenvalue weighted by Gasteiger charge is -2.10. The molecule has 2 aromatic rings. The first-order chi connectivity index (χ1) is 9.70. The molecule has 20 heavy (non-hydrogen) atoms. The summed E-state index contributed by atoms with van der Waals surface area (Å²) < 4.78 is 5.07. The first-order valence-electron chi connectivity index (χ1n) is 6.74. The van der Waals surface area contributed by atoms with E-state index in [-0.39, 0.29) is 5.91 Å². The fourth-order valence-electron chi connectivity index (χ4n) is 1.86. The number of aryl methyl sites for hydroxylation is 1. The number of nitrogens with zero attached hydrogens (tertiary/aromatic N) is 1. The molecule has 0 atom stereocenters. The van der Waals surface area contributed by atoms with E-state index in [2.05, 4.69) is 22.7 Å². The third-order valence-corrected chi connectivity index (χ3v) is 2.84. The minimum Gasteiger partial charge on any atom is -0.384 e. The average Bonchev–Trinajstić information content (AvgIpc) is 2.88. The Bertz CT molecular complexity index is 578. The Hall–Kier alpha value is -2.30. The van der Waals surface area contributed by atoms with Gasteiger partial charge in [0.1, 0.15) is 0 Å².